The molecule has 3 rings (SSSR count). The summed E-state index contributed by atoms with van der Waals surface area (Å²) in [6.45, 7) is 8.57. The molecule has 0 bridgehead atoms. The second kappa shape index (κ2) is 9.32. The number of hydrogen-bond donors (Lipinski definition) is 1. The van der Waals surface area contributed by atoms with Crippen LogP contribution in [0.2, 0.25) is 0 Å². The molecule has 0 spiro atoms. The van der Waals surface area contributed by atoms with Crippen LogP contribution < -0.4 is 5.32 Å². The Morgan fingerprint density at radius 1 is 1.04 bits per heavy atom. The van der Waals surface area contributed by atoms with Gasteiger partial charge >= 0.3 is 5.97 Å². The zero-order chi connectivity index (χ0) is 19.9. The number of piperazine rings is 1. The summed E-state index contributed by atoms with van der Waals surface area (Å²) in [4.78, 5) is 33.0. The molecule has 28 heavy (non-hydrogen) atoms. The highest BCUT2D eigenvalue weighted by atomic mass is 16.5. The zero-order valence-corrected chi connectivity index (χ0v) is 16.4. The van der Waals surface area contributed by atoms with E-state index in [1.807, 2.05) is 4.90 Å². The summed E-state index contributed by atoms with van der Waals surface area (Å²) >= 11 is 0. The molecule has 2 heterocycles. The van der Waals surface area contributed by atoms with E-state index < -0.39 is 0 Å². The predicted molar refractivity (Wildman–Crippen MR) is 108 cm³/mol. The maximum atomic E-state index is 12.8. The Labute approximate surface area is 165 Å². The molecule has 0 atom stereocenters. The van der Waals surface area contributed by atoms with Crippen molar-refractivity contribution in [2.75, 3.05) is 44.6 Å². The molecule has 0 unspecified atom stereocenters. The third-order valence-corrected chi connectivity index (χ3v) is 4.78. The second-order valence-corrected chi connectivity index (χ2v) is 6.58. The molecule has 0 aliphatic carbocycles. The van der Waals surface area contributed by atoms with E-state index in [-0.39, 0.29) is 11.9 Å². The van der Waals surface area contributed by atoms with Crippen molar-refractivity contribution in [2.45, 2.75) is 13.8 Å². The van der Waals surface area contributed by atoms with Crippen LogP contribution in [0.3, 0.4) is 0 Å². The van der Waals surface area contributed by atoms with Gasteiger partial charge in [0.05, 0.1) is 12.2 Å². The van der Waals surface area contributed by atoms with Crippen LogP contribution in [-0.4, -0.2) is 66.0 Å². The summed E-state index contributed by atoms with van der Waals surface area (Å²) < 4.78 is 4.98. The Morgan fingerprint density at radius 2 is 1.75 bits per heavy atom. The van der Waals surface area contributed by atoms with E-state index in [1.54, 1.807) is 49.5 Å². The summed E-state index contributed by atoms with van der Waals surface area (Å²) in [6, 6.07) is 10.5. The number of anilines is 2. The molecule has 7 nitrogen and oxygen atoms in total. The average Bonchev–Trinajstić information content (AvgIpc) is 2.74. The lowest BCUT2D eigenvalue weighted by Crippen LogP contribution is -2.48. The number of amides is 1. The Hall–Kier alpha value is -2.93. The number of carbonyl (C=O) groups excluding carboxylic acids is 2. The van der Waals surface area contributed by atoms with Crippen molar-refractivity contribution in [3.8, 4) is 0 Å². The smallest absolute Gasteiger partial charge is 0.338 e. The van der Waals surface area contributed by atoms with E-state index >= 15 is 0 Å². The molecule has 1 N–H and O–H groups in total. The monoisotopic (exact) mass is 382 g/mol. The van der Waals surface area contributed by atoms with Crippen LogP contribution in [0, 0.1) is 0 Å². The number of esters is 1. The average molecular weight is 382 g/mol. The fourth-order valence-electron chi connectivity index (χ4n) is 3.13. The van der Waals surface area contributed by atoms with E-state index in [4.69, 9.17) is 4.74 Å². The van der Waals surface area contributed by atoms with Crippen LogP contribution in [0.5, 0.6) is 0 Å². The molecule has 1 amide bonds. The van der Waals surface area contributed by atoms with Crippen molar-refractivity contribution in [1.82, 2.24) is 14.8 Å². The molecule has 0 radical (unpaired) electrons. The lowest BCUT2D eigenvalue weighted by molar-refractivity contribution is 0.0526. The third-order valence-electron chi connectivity index (χ3n) is 4.78. The van der Waals surface area contributed by atoms with Crippen LogP contribution in [0.4, 0.5) is 11.5 Å². The minimum Gasteiger partial charge on any atom is -0.462 e. The van der Waals surface area contributed by atoms with E-state index in [9.17, 15) is 9.59 Å². The lowest BCUT2D eigenvalue weighted by Gasteiger charge is -2.34. The van der Waals surface area contributed by atoms with Crippen molar-refractivity contribution in [3.05, 3.63) is 53.7 Å². The number of aromatic nitrogens is 1. The fourth-order valence-corrected chi connectivity index (χ4v) is 3.13. The lowest BCUT2D eigenvalue weighted by atomic mass is 10.2. The summed E-state index contributed by atoms with van der Waals surface area (Å²) in [5.74, 6) is 0.267. The quantitative estimate of drug-likeness (QED) is 0.775. The highest BCUT2D eigenvalue weighted by Crippen LogP contribution is 2.18. The van der Waals surface area contributed by atoms with Gasteiger partial charge in [0.25, 0.3) is 5.91 Å². The van der Waals surface area contributed by atoms with Gasteiger partial charge in [-0.15, -0.1) is 0 Å². The maximum Gasteiger partial charge on any atom is 0.338 e. The molecule has 0 saturated carbocycles. The third kappa shape index (κ3) is 4.86. The van der Waals surface area contributed by atoms with Gasteiger partial charge in [-0.25, -0.2) is 9.78 Å². The number of pyridine rings is 1. The molecule has 148 valence electrons. The first-order valence-corrected chi connectivity index (χ1v) is 9.62. The number of rotatable bonds is 6. The molecule has 7 heteroatoms. The van der Waals surface area contributed by atoms with Gasteiger partial charge in [-0.2, -0.15) is 0 Å². The van der Waals surface area contributed by atoms with E-state index in [0.29, 0.717) is 23.6 Å². The second-order valence-electron chi connectivity index (χ2n) is 6.58. The number of ether oxygens (including phenoxy) is 1. The first-order valence-electron chi connectivity index (χ1n) is 9.62. The van der Waals surface area contributed by atoms with Crippen LogP contribution in [0.15, 0.2) is 42.6 Å². The molecule has 1 aliphatic rings. The van der Waals surface area contributed by atoms with Gasteiger partial charge in [-0.1, -0.05) is 6.92 Å². The SMILES string of the molecule is CCOC(=O)c1ccc(Nc2cc(C(=O)N3CCN(CC)CC3)ccn2)cc1. The van der Waals surface area contributed by atoms with Gasteiger partial charge in [0.2, 0.25) is 0 Å². The first kappa shape index (κ1) is 19.8. The normalized spacial score (nSPS) is 14.6. The fraction of sp³-hybridized carbons (Fsp3) is 0.381. The molecule has 1 aliphatic heterocycles. The molecule has 1 aromatic heterocycles. The summed E-state index contributed by atoms with van der Waals surface area (Å²) in [6.07, 6.45) is 1.63. The van der Waals surface area contributed by atoms with Crippen LogP contribution in [0.1, 0.15) is 34.6 Å². The molecule has 1 saturated heterocycles. The molecular weight excluding hydrogens is 356 g/mol. The van der Waals surface area contributed by atoms with Crippen molar-refractivity contribution < 1.29 is 14.3 Å². The summed E-state index contributed by atoms with van der Waals surface area (Å²) in [5, 5.41) is 3.17. The van der Waals surface area contributed by atoms with Crippen LogP contribution >= 0.6 is 0 Å². The number of nitrogens with one attached hydrogen (secondary N) is 1. The van der Waals surface area contributed by atoms with E-state index in [0.717, 1.165) is 38.4 Å². The summed E-state index contributed by atoms with van der Waals surface area (Å²) in [7, 11) is 0. The number of hydrogen-bond acceptors (Lipinski definition) is 6. The van der Waals surface area contributed by atoms with Crippen molar-refractivity contribution in [2.24, 2.45) is 0 Å². The summed E-state index contributed by atoms with van der Waals surface area (Å²) in [5.41, 5.74) is 1.89. The van der Waals surface area contributed by atoms with Crippen molar-refractivity contribution >= 4 is 23.4 Å². The minimum absolute atomic E-state index is 0.0267. The van der Waals surface area contributed by atoms with Gasteiger partial charge in [-0.05, 0) is 49.9 Å². The Bertz CT molecular complexity index is 815. The van der Waals surface area contributed by atoms with Gasteiger partial charge in [0.15, 0.2) is 0 Å². The Morgan fingerprint density at radius 3 is 2.39 bits per heavy atom. The topological polar surface area (TPSA) is 74.8 Å². The highest BCUT2D eigenvalue weighted by Gasteiger charge is 2.21. The molecule has 2 aromatic rings. The number of likely N-dealkylation sites (N-methyl/N-ethyl adjacent to an activating group) is 1. The number of nitrogens with zero attached hydrogens (tertiary/aromatic N) is 3. The highest BCUT2D eigenvalue weighted by molar-refractivity contribution is 5.95. The van der Waals surface area contributed by atoms with Gasteiger partial charge < -0.3 is 19.9 Å². The van der Waals surface area contributed by atoms with E-state index in [1.165, 1.54) is 0 Å². The number of carbonyl (C=O) groups is 2. The van der Waals surface area contributed by atoms with Crippen LogP contribution in [0.25, 0.3) is 0 Å². The van der Waals surface area contributed by atoms with Crippen molar-refractivity contribution in [1.29, 1.82) is 0 Å². The molecule has 1 aromatic carbocycles. The number of benzene rings is 1. The van der Waals surface area contributed by atoms with Gasteiger partial charge in [0, 0.05) is 43.6 Å². The van der Waals surface area contributed by atoms with Gasteiger partial charge in [0.1, 0.15) is 5.82 Å². The zero-order valence-electron chi connectivity index (χ0n) is 16.4. The standard InChI is InChI=1S/C21H26N4O3/c1-3-24-11-13-25(14-12-24)20(26)17-9-10-22-19(15-17)23-18-7-5-16(6-8-18)21(27)28-4-2/h5-10,15H,3-4,11-14H2,1-2H3,(H,22,23). The maximum absolute atomic E-state index is 12.8. The largest absolute Gasteiger partial charge is 0.462 e. The van der Waals surface area contributed by atoms with E-state index in [2.05, 4.69) is 22.1 Å². The van der Waals surface area contributed by atoms with Gasteiger partial charge in [-0.3, -0.25) is 4.79 Å². The Kier molecular flexibility index (Phi) is 6.60. The first-order chi connectivity index (χ1) is 13.6. The molecular formula is C21H26N4O3. The van der Waals surface area contributed by atoms with Crippen LogP contribution in [-0.2, 0) is 4.74 Å². The Balaban J connectivity index is 1.65. The predicted octanol–water partition coefficient (Wildman–Crippen LogP) is 2.78. The molecule has 1 fully saturated rings. The minimum atomic E-state index is -0.345. The van der Waals surface area contributed by atoms with Crippen molar-refractivity contribution in [3.63, 3.8) is 0 Å².